The van der Waals surface area contributed by atoms with E-state index in [1.807, 2.05) is 6.92 Å². The molecule has 1 amide bonds. The third-order valence-corrected chi connectivity index (χ3v) is 3.42. The fourth-order valence-corrected chi connectivity index (χ4v) is 2.12. The number of nitrogens with two attached hydrogens (primary N) is 1. The first-order valence-corrected chi connectivity index (χ1v) is 7.30. The lowest BCUT2D eigenvalue weighted by Crippen LogP contribution is -2.32. The van der Waals surface area contributed by atoms with Crippen molar-refractivity contribution < 1.29 is 13.2 Å². The van der Waals surface area contributed by atoms with Gasteiger partial charge in [0.25, 0.3) is 5.91 Å². The maximum absolute atomic E-state index is 12.1. The zero-order valence-electron chi connectivity index (χ0n) is 10.7. The van der Waals surface area contributed by atoms with Crippen molar-refractivity contribution in [2.24, 2.45) is 5.14 Å². The van der Waals surface area contributed by atoms with Crippen molar-refractivity contribution in [1.82, 2.24) is 4.90 Å². The maximum Gasteiger partial charge on any atom is 0.254 e. The molecule has 0 saturated carbocycles. The van der Waals surface area contributed by atoms with Crippen molar-refractivity contribution in [1.29, 1.82) is 0 Å². The number of hydrogen-bond acceptors (Lipinski definition) is 3. The predicted octanol–water partition coefficient (Wildman–Crippen LogP) is 0.819. The largest absolute Gasteiger partial charge is 0.328 e. The summed E-state index contributed by atoms with van der Waals surface area (Å²) in [6, 6.07) is 5.48. The van der Waals surface area contributed by atoms with Crippen molar-refractivity contribution in [3.05, 3.63) is 29.8 Å². The van der Waals surface area contributed by atoms with Crippen LogP contribution in [0.1, 0.15) is 23.7 Å². The third-order valence-electron chi connectivity index (χ3n) is 2.49. The number of terminal acetylenes is 1. The molecule has 0 heterocycles. The van der Waals surface area contributed by atoms with Crippen molar-refractivity contribution in [3.63, 3.8) is 0 Å². The number of hydrogen-bond donors (Lipinski definition) is 1. The van der Waals surface area contributed by atoms with Gasteiger partial charge in [0.15, 0.2) is 0 Å². The number of rotatable bonds is 5. The highest BCUT2D eigenvalue weighted by Gasteiger charge is 2.15. The fourth-order valence-electron chi connectivity index (χ4n) is 1.60. The second-order valence-corrected chi connectivity index (χ2v) is 5.56. The molecule has 0 aromatic heterocycles. The van der Waals surface area contributed by atoms with Crippen molar-refractivity contribution in [2.75, 3.05) is 13.1 Å². The molecule has 0 atom stereocenters. The van der Waals surface area contributed by atoms with Gasteiger partial charge in [-0.05, 0) is 30.7 Å². The van der Waals surface area contributed by atoms with E-state index in [9.17, 15) is 13.2 Å². The minimum atomic E-state index is -3.74. The van der Waals surface area contributed by atoms with Crippen LogP contribution in [-0.2, 0) is 10.0 Å². The van der Waals surface area contributed by atoms with Crippen molar-refractivity contribution >= 4 is 15.9 Å². The van der Waals surface area contributed by atoms with Gasteiger partial charge in [-0.2, -0.15) is 0 Å². The monoisotopic (exact) mass is 280 g/mol. The molecule has 1 aromatic carbocycles. The lowest BCUT2D eigenvalue weighted by molar-refractivity contribution is 0.0777. The average Bonchev–Trinajstić information content (AvgIpc) is 2.37. The number of primary sulfonamides is 1. The van der Waals surface area contributed by atoms with E-state index >= 15 is 0 Å². The number of amides is 1. The van der Waals surface area contributed by atoms with Gasteiger partial charge in [0.2, 0.25) is 10.0 Å². The van der Waals surface area contributed by atoms with E-state index < -0.39 is 10.0 Å². The Labute approximate surface area is 113 Å². The van der Waals surface area contributed by atoms with Gasteiger partial charge in [-0.3, -0.25) is 4.79 Å². The molecular formula is C13H16N2O3S. The van der Waals surface area contributed by atoms with Crippen LogP contribution in [0.25, 0.3) is 0 Å². The highest BCUT2D eigenvalue weighted by molar-refractivity contribution is 7.89. The van der Waals surface area contributed by atoms with Crippen LogP contribution < -0.4 is 5.14 Å². The van der Waals surface area contributed by atoms with Crippen LogP contribution >= 0.6 is 0 Å². The van der Waals surface area contributed by atoms with E-state index in [1.165, 1.54) is 29.2 Å². The Kier molecular flexibility index (Phi) is 5.10. The molecule has 0 aliphatic rings. The van der Waals surface area contributed by atoms with Gasteiger partial charge >= 0.3 is 0 Å². The molecule has 0 fully saturated rings. The van der Waals surface area contributed by atoms with Crippen LogP contribution in [0, 0.1) is 12.3 Å². The first-order chi connectivity index (χ1) is 8.90. The summed E-state index contributed by atoms with van der Waals surface area (Å²) < 4.78 is 22.2. The first kappa shape index (κ1) is 15.2. The molecule has 6 heteroatoms. The summed E-state index contributed by atoms with van der Waals surface area (Å²) >= 11 is 0. The smallest absolute Gasteiger partial charge is 0.254 e. The Morgan fingerprint density at radius 2 is 1.95 bits per heavy atom. The molecule has 1 rings (SSSR count). The minimum absolute atomic E-state index is 0.0250. The molecule has 0 bridgehead atoms. The second-order valence-electron chi connectivity index (χ2n) is 4.00. The summed E-state index contributed by atoms with van der Waals surface area (Å²) in [6.07, 6.45) is 6.01. The highest BCUT2D eigenvalue weighted by atomic mass is 32.2. The van der Waals surface area contributed by atoms with Crippen LogP contribution in [0.4, 0.5) is 0 Å². The summed E-state index contributed by atoms with van der Waals surface area (Å²) in [4.78, 5) is 13.6. The van der Waals surface area contributed by atoms with E-state index in [0.717, 1.165) is 6.42 Å². The molecule has 0 aliphatic carbocycles. The number of nitrogens with zero attached hydrogens (tertiary/aromatic N) is 1. The lowest BCUT2D eigenvalue weighted by Gasteiger charge is -2.19. The van der Waals surface area contributed by atoms with Gasteiger partial charge in [0.1, 0.15) is 0 Å². The Balaban J connectivity index is 2.97. The molecule has 102 valence electrons. The highest BCUT2D eigenvalue weighted by Crippen LogP contribution is 2.11. The van der Waals surface area contributed by atoms with E-state index in [2.05, 4.69) is 5.92 Å². The number of sulfonamides is 1. The molecule has 1 aromatic rings. The van der Waals surface area contributed by atoms with E-state index in [0.29, 0.717) is 12.1 Å². The van der Waals surface area contributed by atoms with Crippen LogP contribution in [-0.4, -0.2) is 32.3 Å². The summed E-state index contributed by atoms with van der Waals surface area (Å²) in [5, 5.41) is 4.99. The van der Waals surface area contributed by atoms with E-state index in [-0.39, 0.29) is 17.3 Å². The number of benzene rings is 1. The molecular weight excluding hydrogens is 264 g/mol. The van der Waals surface area contributed by atoms with Gasteiger partial charge < -0.3 is 4.90 Å². The Morgan fingerprint density at radius 1 is 1.37 bits per heavy atom. The van der Waals surface area contributed by atoms with Crippen LogP contribution in [0.15, 0.2) is 29.2 Å². The molecule has 0 spiro atoms. The van der Waals surface area contributed by atoms with Gasteiger partial charge in [-0.1, -0.05) is 12.8 Å². The molecule has 0 saturated heterocycles. The van der Waals surface area contributed by atoms with Crippen LogP contribution in [0.5, 0.6) is 0 Å². The van der Waals surface area contributed by atoms with Gasteiger partial charge in [0, 0.05) is 12.1 Å². The molecule has 0 unspecified atom stereocenters. The van der Waals surface area contributed by atoms with Gasteiger partial charge in [0.05, 0.1) is 11.4 Å². The standard InChI is InChI=1S/C13H16N2O3S/c1-3-9-15(10-4-2)13(16)11-5-7-12(8-6-11)19(14,17)18/h1,5-8H,4,9-10H2,2H3,(H2,14,17,18). The summed E-state index contributed by atoms with van der Waals surface area (Å²) in [5.74, 6) is 2.21. The summed E-state index contributed by atoms with van der Waals surface area (Å²) in [5.41, 5.74) is 0.385. The minimum Gasteiger partial charge on any atom is -0.328 e. The SMILES string of the molecule is C#CCN(CCC)C(=O)c1ccc(S(N)(=O)=O)cc1. The Hall–Kier alpha value is -1.84. The molecule has 19 heavy (non-hydrogen) atoms. The van der Waals surface area contributed by atoms with Crippen LogP contribution in [0.2, 0.25) is 0 Å². The quantitative estimate of drug-likeness (QED) is 0.811. The zero-order chi connectivity index (χ0) is 14.5. The van der Waals surface area contributed by atoms with Crippen molar-refractivity contribution in [3.8, 4) is 12.3 Å². The normalized spacial score (nSPS) is 10.8. The molecule has 5 nitrogen and oxygen atoms in total. The van der Waals surface area contributed by atoms with E-state index in [4.69, 9.17) is 11.6 Å². The molecule has 0 radical (unpaired) electrons. The lowest BCUT2D eigenvalue weighted by atomic mass is 10.2. The first-order valence-electron chi connectivity index (χ1n) is 5.75. The zero-order valence-corrected chi connectivity index (χ0v) is 11.5. The van der Waals surface area contributed by atoms with Gasteiger partial charge in [-0.25, -0.2) is 13.6 Å². The van der Waals surface area contributed by atoms with Crippen molar-refractivity contribution in [2.45, 2.75) is 18.2 Å². The van der Waals surface area contributed by atoms with Crippen LogP contribution in [0.3, 0.4) is 0 Å². The second kappa shape index (κ2) is 6.36. The van der Waals surface area contributed by atoms with Gasteiger partial charge in [-0.15, -0.1) is 6.42 Å². The Bertz CT molecular complexity index is 585. The average molecular weight is 280 g/mol. The maximum atomic E-state index is 12.1. The topological polar surface area (TPSA) is 80.5 Å². The number of carbonyl (C=O) groups is 1. The fraction of sp³-hybridized carbons (Fsp3) is 0.308. The number of carbonyl (C=O) groups excluding carboxylic acids is 1. The molecule has 0 aliphatic heterocycles. The molecule has 2 N–H and O–H groups in total. The summed E-state index contributed by atoms with van der Waals surface area (Å²) in [7, 11) is -3.74. The Morgan fingerprint density at radius 3 is 2.37 bits per heavy atom. The predicted molar refractivity (Wildman–Crippen MR) is 72.8 cm³/mol. The summed E-state index contributed by atoms with van der Waals surface area (Å²) in [6.45, 7) is 2.73. The third kappa shape index (κ3) is 4.09. The van der Waals surface area contributed by atoms with E-state index in [1.54, 1.807) is 0 Å².